The molecule has 2 aliphatic carbocycles. The molecule has 91 heavy (non-hydrogen) atoms. The Balaban J connectivity index is 0.000000176. The Morgan fingerprint density at radius 2 is 1.18 bits per heavy atom. The standard InChI is InChI=1S/C25H36N4O2.C23H26N6O2.C22H30N4O3/c1-25(12-13-25)22-15-23(29(3)19-9-5-4-6-10-19)28-24(27-22)18-8-7-11-21(14-18)31-17-20(30)16-26-2;1-4-5-9-29(3)22-11-21(18-12-25-16-26-13-18)27-23(28-22)17-7-6-8-20(10-17)31-15-19(30)14-24-2;1-15(2)20-12-21(24-17-7-9-28-10-8-17)26-22(25-20)16-5-4-6-19(11-16)29-14-18(27)13-23-3/h7-8,11,14-15,19-20,26,30H,4-6,9-10,12-13,16-17H2,1-3H3;1,6-8,10-13,16,19,24,30H,5,9,14-15H2,2-3H3;4-6,11-12,17-18,23,27H,1,7-10,13-14H2,2-3H3,(H,24,25,26). The molecule has 4 aromatic heterocycles. The van der Waals surface area contributed by atoms with E-state index in [2.05, 4.69) is 73.7 Å². The minimum absolute atomic E-state index is 0.172. The predicted octanol–water partition coefficient (Wildman–Crippen LogP) is 8.67. The van der Waals surface area contributed by atoms with E-state index in [0.29, 0.717) is 73.5 Å². The van der Waals surface area contributed by atoms with Gasteiger partial charge >= 0.3 is 0 Å². The number of aliphatic hydroxyl groups excluding tert-OH is 3. The summed E-state index contributed by atoms with van der Waals surface area (Å²) in [6.45, 7) is 12.6. The van der Waals surface area contributed by atoms with Gasteiger partial charge in [0.25, 0.3) is 0 Å². The number of nitrogens with zero attached hydrogens (tertiary/aromatic N) is 10. The second-order valence-electron chi connectivity index (χ2n) is 23.8. The maximum atomic E-state index is 9.93. The van der Waals surface area contributed by atoms with Crippen molar-refractivity contribution in [3.05, 3.63) is 128 Å². The number of likely N-dealkylation sites (N-methyl/N-ethyl adjacent to an activating group) is 3. The molecule has 3 fully saturated rings. The van der Waals surface area contributed by atoms with Gasteiger partial charge in [0, 0.05) is 130 Å². The Labute approximate surface area is 537 Å². The van der Waals surface area contributed by atoms with Crippen molar-refractivity contribution in [1.82, 2.24) is 55.8 Å². The Kier molecular flexibility index (Phi) is 26.3. The van der Waals surface area contributed by atoms with Crippen molar-refractivity contribution in [2.24, 2.45) is 0 Å². The van der Waals surface area contributed by atoms with Crippen LogP contribution in [0.3, 0.4) is 0 Å². The van der Waals surface area contributed by atoms with Gasteiger partial charge in [-0.05, 0) is 109 Å². The van der Waals surface area contributed by atoms with Crippen molar-refractivity contribution < 1.29 is 34.3 Å². The molecule has 0 radical (unpaired) electrons. The smallest absolute Gasteiger partial charge is 0.162 e. The molecule has 2 saturated carbocycles. The number of hydrogen-bond donors (Lipinski definition) is 7. The molecule has 1 aliphatic heterocycles. The fourth-order valence-corrected chi connectivity index (χ4v) is 10.4. The normalized spacial score (nSPS) is 15.4. The Bertz CT molecular complexity index is 3430. The molecule has 7 N–H and O–H groups in total. The number of allylic oxidation sites excluding steroid dienone is 1. The average molecular weight is 1240 g/mol. The number of hydrogen-bond acceptors (Lipinski definition) is 21. The molecular formula is C70H92N14O7. The molecule has 3 unspecified atom stereocenters. The molecule has 484 valence electrons. The van der Waals surface area contributed by atoms with Gasteiger partial charge in [0.15, 0.2) is 17.5 Å². The number of terminal acetylenes is 1. The lowest BCUT2D eigenvalue weighted by Crippen LogP contribution is -2.34. The van der Waals surface area contributed by atoms with Crippen molar-refractivity contribution in [3.63, 3.8) is 0 Å². The van der Waals surface area contributed by atoms with E-state index in [-0.39, 0.29) is 25.2 Å². The van der Waals surface area contributed by atoms with Crippen molar-refractivity contribution in [1.29, 1.82) is 0 Å². The molecule has 3 aliphatic rings. The number of aliphatic hydroxyl groups is 3. The Morgan fingerprint density at radius 3 is 1.68 bits per heavy atom. The monoisotopic (exact) mass is 1240 g/mol. The van der Waals surface area contributed by atoms with Crippen LogP contribution < -0.4 is 45.3 Å². The summed E-state index contributed by atoms with van der Waals surface area (Å²) in [6, 6.07) is 29.9. The second-order valence-corrected chi connectivity index (χ2v) is 23.8. The molecule has 7 aromatic rings. The summed E-state index contributed by atoms with van der Waals surface area (Å²) in [4.78, 5) is 41.4. The highest BCUT2D eigenvalue weighted by Crippen LogP contribution is 2.48. The summed E-state index contributed by atoms with van der Waals surface area (Å²) in [7, 11) is 9.52. The number of rotatable bonds is 28. The van der Waals surface area contributed by atoms with Gasteiger partial charge in [0.1, 0.15) is 79.2 Å². The van der Waals surface area contributed by atoms with Gasteiger partial charge < -0.3 is 65.3 Å². The molecule has 1 saturated heterocycles. The highest BCUT2D eigenvalue weighted by atomic mass is 16.5. The van der Waals surface area contributed by atoms with Crippen LogP contribution in [0.2, 0.25) is 0 Å². The quantitative estimate of drug-likeness (QED) is 0.0226. The molecule has 21 nitrogen and oxygen atoms in total. The van der Waals surface area contributed by atoms with Gasteiger partial charge in [0.05, 0.1) is 17.1 Å². The van der Waals surface area contributed by atoms with E-state index in [1.807, 2.05) is 111 Å². The molecule has 5 heterocycles. The summed E-state index contributed by atoms with van der Waals surface area (Å²) in [5, 5.41) is 42.0. The molecular weight excluding hydrogens is 1150 g/mol. The second kappa shape index (κ2) is 34.8. The van der Waals surface area contributed by atoms with E-state index in [1.54, 1.807) is 26.5 Å². The molecule has 21 heteroatoms. The van der Waals surface area contributed by atoms with Crippen molar-refractivity contribution in [3.8, 4) is 75.0 Å². The fraction of sp³-hybridized carbons (Fsp3) is 0.457. The summed E-state index contributed by atoms with van der Waals surface area (Å²) < 4.78 is 22.7. The van der Waals surface area contributed by atoms with Gasteiger partial charge in [0.2, 0.25) is 0 Å². The predicted molar refractivity (Wildman–Crippen MR) is 360 cm³/mol. The van der Waals surface area contributed by atoms with Crippen LogP contribution in [0.4, 0.5) is 17.5 Å². The Hall–Kier alpha value is -8.20. The largest absolute Gasteiger partial charge is 0.491 e. The third-order valence-electron chi connectivity index (χ3n) is 16.0. The third-order valence-corrected chi connectivity index (χ3v) is 16.0. The van der Waals surface area contributed by atoms with Gasteiger partial charge in [-0.2, -0.15) is 0 Å². The van der Waals surface area contributed by atoms with Crippen LogP contribution in [0, 0.1) is 12.3 Å². The minimum atomic E-state index is -0.595. The lowest BCUT2D eigenvalue weighted by atomic mass is 9.94. The number of benzene rings is 3. The van der Waals surface area contributed by atoms with Crippen molar-refractivity contribution >= 4 is 23.0 Å². The van der Waals surface area contributed by atoms with Crippen LogP contribution >= 0.6 is 0 Å². The van der Waals surface area contributed by atoms with Crippen LogP contribution in [-0.4, -0.2) is 180 Å². The molecule has 3 aromatic carbocycles. The lowest BCUT2D eigenvalue weighted by Gasteiger charge is -2.32. The van der Waals surface area contributed by atoms with E-state index in [4.69, 9.17) is 50.3 Å². The first-order valence-electron chi connectivity index (χ1n) is 31.6. The molecule has 0 spiro atoms. The molecule has 3 atom stereocenters. The fourth-order valence-electron chi connectivity index (χ4n) is 10.4. The molecule has 10 rings (SSSR count). The van der Waals surface area contributed by atoms with E-state index >= 15 is 0 Å². The van der Waals surface area contributed by atoms with Gasteiger partial charge in [-0.3, -0.25) is 0 Å². The number of nitrogens with one attached hydrogen (secondary N) is 4. The first-order chi connectivity index (χ1) is 44.1. The highest BCUT2D eigenvalue weighted by Gasteiger charge is 2.41. The van der Waals surface area contributed by atoms with Crippen LogP contribution in [0.15, 0.2) is 116 Å². The van der Waals surface area contributed by atoms with E-state index in [0.717, 1.165) is 94.3 Å². The van der Waals surface area contributed by atoms with Gasteiger partial charge in [-0.1, -0.05) is 69.2 Å². The minimum Gasteiger partial charge on any atom is -0.491 e. The summed E-state index contributed by atoms with van der Waals surface area (Å²) in [5.41, 5.74) is 7.10. The number of aromatic nitrogens is 8. The maximum Gasteiger partial charge on any atom is 0.162 e. The van der Waals surface area contributed by atoms with Crippen LogP contribution in [0.1, 0.15) is 89.4 Å². The zero-order chi connectivity index (χ0) is 64.5. The molecule has 0 amide bonds. The highest BCUT2D eigenvalue weighted by molar-refractivity contribution is 5.69. The van der Waals surface area contributed by atoms with Crippen LogP contribution in [0.5, 0.6) is 17.2 Å². The van der Waals surface area contributed by atoms with E-state index < -0.39 is 18.3 Å². The topological polar surface area (TPSA) is 255 Å². The number of anilines is 3. The van der Waals surface area contributed by atoms with Crippen LogP contribution in [-0.2, 0) is 10.2 Å². The Morgan fingerprint density at radius 1 is 0.659 bits per heavy atom. The first kappa shape index (κ1) is 68.7. The first-order valence-corrected chi connectivity index (χ1v) is 31.6. The lowest BCUT2D eigenvalue weighted by molar-refractivity contribution is 0.0904. The van der Waals surface area contributed by atoms with Crippen molar-refractivity contribution in [2.75, 3.05) is 110 Å². The van der Waals surface area contributed by atoms with Crippen molar-refractivity contribution in [2.45, 2.75) is 114 Å². The summed E-state index contributed by atoms with van der Waals surface area (Å²) >= 11 is 0. The van der Waals surface area contributed by atoms with Gasteiger partial charge in [-0.15, -0.1) is 12.3 Å². The maximum absolute atomic E-state index is 9.93. The zero-order valence-electron chi connectivity index (χ0n) is 53.9. The third kappa shape index (κ3) is 21.2. The van der Waals surface area contributed by atoms with E-state index in [1.165, 1.54) is 51.3 Å². The SMILES string of the molecule is C#CCCN(C)c1cc(-c2cncnc2)nc(-c2cccc(OCC(O)CNC)c2)n1.C=C(C)c1cc(NC2CCOCC2)nc(-c2cccc(OCC(O)CNC)c2)n1.CNCC(O)COc1cccc(-c2nc(N(C)C3CCCCC3)cc(C3(C)CC3)n2)c1. The zero-order valence-corrected chi connectivity index (χ0v) is 53.9. The number of ether oxygens (including phenoxy) is 4. The molecule has 0 bridgehead atoms. The summed E-state index contributed by atoms with van der Waals surface area (Å²) in [5.74, 6) is 9.15. The summed E-state index contributed by atoms with van der Waals surface area (Å²) in [6.07, 6.45) is 19.9. The van der Waals surface area contributed by atoms with Gasteiger partial charge in [-0.25, -0.2) is 39.9 Å². The van der Waals surface area contributed by atoms with Crippen LogP contribution in [0.25, 0.3) is 51.0 Å². The van der Waals surface area contributed by atoms with E-state index in [9.17, 15) is 15.3 Å². The average Bonchev–Trinajstić information content (AvgIpc) is 1.76.